The summed E-state index contributed by atoms with van der Waals surface area (Å²) in [6.45, 7) is 17.1. The lowest BCUT2D eigenvalue weighted by Crippen LogP contribution is -2.52. The summed E-state index contributed by atoms with van der Waals surface area (Å²) in [5.41, 5.74) is 0. The van der Waals surface area contributed by atoms with Crippen molar-refractivity contribution in [3.63, 3.8) is 0 Å². The zero-order valence-corrected chi connectivity index (χ0v) is 18.1. The van der Waals surface area contributed by atoms with Gasteiger partial charge in [0.1, 0.15) is 0 Å². The lowest BCUT2D eigenvalue weighted by atomic mass is 11.9. The van der Waals surface area contributed by atoms with Crippen molar-refractivity contribution in [3.05, 3.63) is 0 Å². The summed E-state index contributed by atoms with van der Waals surface area (Å²) >= 11 is 0. The van der Waals surface area contributed by atoms with Crippen LogP contribution in [0.5, 0.6) is 0 Å². The molecule has 0 N–H and O–H groups in total. The summed E-state index contributed by atoms with van der Waals surface area (Å²) in [6.07, 6.45) is 0. The zero-order chi connectivity index (χ0) is 13.6. The predicted octanol–water partition coefficient (Wildman–Crippen LogP) is 1.42. The van der Waals surface area contributed by atoms with Crippen LogP contribution in [0, 0.1) is 0 Å². The lowest BCUT2D eigenvalue weighted by Gasteiger charge is -2.33. The molecule has 0 aromatic heterocycles. The van der Waals surface area contributed by atoms with E-state index in [9.17, 15) is 0 Å². The van der Waals surface area contributed by atoms with Crippen LogP contribution in [-0.4, -0.2) is 45.2 Å². The molecule has 0 amide bonds. The molecule has 0 rings (SSSR count). The van der Waals surface area contributed by atoms with Gasteiger partial charge in [0, 0.05) is 6.55 Å². The van der Waals surface area contributed by atoms with Crippen LogP contribution in [0.2, 0.25) is 52.4 Å². The Labute approximate surface area is 114 Å². The SMILES string of the molecule is C[SiH](C)O[SiH](C)O[Si](C)(O[SiH](C)C)O[SiH](C)C. The van der Waals surface area contributed by atoms with Crippen LogP contribution in [0.3, 0.4) is 0 Å². The first kappa shape index (κ1) is 17.9. The summed E-state index contributed by atoms with van der Waals surface area (Å²) in [4.78, 5) is 0. The number of hydrogen-bond donors (Lipinski definition) is 0. The molecule has 0 aliphatic heterocycles. The second kappa shape index (κ2) is 8.17. The average Bonchev–Trinajstić information content (AvgIpc) is 1.95. The van der Waals surface area contributed by atoms with Crippen LogP contribution in [0.25, 0.3) is 0 Å². The van der Waals surface area contributed by atoms with Crippen LogP contribution in [0.1, 0.15) is 0 Å². The van der Waals surface area contributed by atoms with E-state index in [1.165, 1.54) is 0 Å². The third-order valence-corrected chi connectivity index (χ3v) is 15.7. The van der Waals surface area contributed by atoms with Crippen LogP contribution in [0.15, 0.2) is 0 Å². The Balaban J connectivity index is 4.46. The van der Waals surface area contributed by atoms with Gasteiger partial charge in [-0.05, 0) is 45.8 Å². The summed E-state index contributed by atoms with van der Waals surface area (Å²) in [6, 6.07) is 0. The van der Waals surface area contributed by atoms with E-state index in [0.717, 1.165) is 0 Å². The third-order valence-electron chi connectivity index (χ3n) is 1.74. The van der Waals surface area contributed by atoms with Crippen LogP contribution in [0.4, 0.5) is 0 Å². The van der Waals surface area contributed by atoms with Crippen molar-refractivity contribution >= 4 is 45.2 Å². The van der Waals surface area contributed by atoms with Gasteiger partial charge in [-0.3, -0.25) is 0 Å². The van der Waals surface area contributed by atoms with Gasteiger partial charge >= 0.3 is 8.80 Å². The third kappa shape index (κ3) is 9.50. The molecule has 0 saturated carbocycles. The van der Waals surface area contributed by atoms with Crippen LogP contribution >= 0.6 is 0 Å². The highest BCUT2D eigenvalue weighted by atomic mass is 28.5. The smallest absolute Gasteiger partial charge is 0.442 e. The van der Waals surface area contributed by atoms with Crippen molar-refractivity contribution < 1.29 is 16.5 Å². The van der Waals surface area contributed by atoms with Crippen molar-refractivity contribution in [1.29, 1.82) is 0 Å². The van der Waals surface area contributed by atoms with Gasteiger partial charge in [0.25, 0.3) is 9.28 Å². The average molecular weight is 329 g/mol. The minimum Gasteiger partial charge on any atom is -0.442 e. The minimum absolute atomic E-state index is 1.02. The van der Waals surface area contributed by atoms with Gasteiger partial charge in [-0.25, -0.2) is 0 Å². The van der Waals surface area contributed by atoms with E-state index >= 15 is 0 Å². The van der Waals surface area contributed by atoms with Gasteiger partial charge in [0.05, 0.1) is 0 Å². The highest BCUT2D eigenvalue weighted by Crippen LogP contribution is 2.15. The van der Waals surface area contributed by atoms with E-state index in [0.29, 0.717) is 0 Å². The van der Waals surface area contributed by atoms with E-state index in [-0.39, 0.29) is 0 Å². The molecule has 0 radical (unpaired) electrons. The first-order chi connectivity index (χ1) is 7.64. The maximum Gasteiger partial charge on any atom is 0.467 e. The van der Waals surface area contributed by atoms with E-state index in [1.807, 2.05) is 6.55 Å². The van der Waals surface area contributed by atoms with E-state index in [1.54, 1.807) is 0 Å². The van der Waals surface area contributed by atoms with E-state index in [4.69, 9.17) is 16.5 Å². The molecular weight excluding hydrogens is 301 g/mol. The maximum atomic E-state index is 6.09. The molecule has 0 aliphatic rings. The van der Waals surface area contributed by atoms with Gasteiger partial charge in [-0.15, -0.1) is 0 Å². The predicted molar refractivity (Wildman–Crippen MR) is 85.6 cm³/mol. The zero-order valence-electron chi connectivity index (χ0n) is 12.4. The standard InChI is InChI=1S/C8H28O4Si5/c1-13(2)9-16(7)12-17(8,10-14(3)4)11-15(5)6/h13-16H,1-8H3. The lowest BCUT2D eigenvalue weighted by molar-refractivity contribution is 0.257. The number of rotatable bonds is 8. The molecule has 0 aromatic rings. The van der Waals surface area contributed by atoms with Crippen molar-refractivity contribution in [2.45, 2.75) is 52.4 Å². The maximum absolute atomic E-state index is 6.09. The van der Waals surface area contributed by atoms with Crippen molar-refractivity contribution in [2.75, 3.05) is 0 Å². The fourth-order valence-electron chi connectivity index (χ4n) is 1.65. The first-order valence-electron chi connectivity index (χ1n) is 6.33. The Hall–Kier alpha value is 0.924. The topological polar surface area (TPSA) is 36.9 Å². The highest BCUT2D eigenvalue weighted by molar-refractivity contribution is 6.79. The second-order valence-corrected chi connectivity index (χ2v) is 18.1. The molecule has 0 aliphatic carbocycles. The molecule has 4 nitrogen and oxygen atoms in total. The summed E-state index contributed by atoms with van der Waals surface area (Å²) in [5, 5.41) is 0. The Morgan fingerprint density at radius 3 is 1.35 bits per heavy atom. The molecule has 0 aromatic carbocycles. The quantitative estimate of drug-likeness (QED) is 0.632. The van der Waals surface area contributed by atoms with Crippen molar-refractivity contribution in [1.82, 2.24) is 0 Å². The van der Waals surface area contributed by atoms with E-state index in [2.05, 4.69) is 45.8 Å². The molecule has 17 heavy (non-hydrogen) atoms. The van der Waals surface area contributed by atoms with Gasteiger partial charge < -0.3 is 16.5 Å². The van der Waals surface area contributed by atoms with Gasteiger partial charge in [0.15, 0.2) is 27.1 Å². The molecule has 0 heterocycles. The Morgan fingerprint density at radius 2 is 1.06 bits per heavy atom. The van der Waals surface area contributed by atoms with Gasteiger partial charge in [-0.2, -0.15) is 0 Å². The van der Waals surface area contributed by atoms with Crippen molar-refractivity contribution in [2.24, 2.45) is 0 Å². The molecule has 0 fully saturated rings. The Kier molecular flexibility index (Phi) is 8.61. The molecule has 1 unspecified atom stereocenters. The second-order valence-electron chi connectivity index (χ2n) is 5.07. The molecule has 0 bridgehead atoms. The minimum atomic E-state index is -2.42. The normalized spacial score (nSPS) is 15.0. The summed E-state index contributed by atoms with van der Waals surface area (Å²) < 4.78 is 24.0. The first-order valence-corrected chi connectivity index (χ1v) is 19.0. The molecular formula is C8H28O4Si5. The molecule has 0 saturated heterocycles. The number of hydrogen-bond acceptors (Lipinski definition) is 4. The highest BCUT2D eigenvalue weighted by Gasteiger charge is 2.38. The summed E-state index contributed by atoms with van der Waals surface area (Å²) in [5.74, 6) is 0. The largest absolute Gasteiger partial charge is 0.467 e. The van der Waals surface area contributed by atoms with Gasteiger partial charge in [0.2, 0.25) is 0 Å². The van der Waals surface area contributed by atoms with Gasteiger partial charge in [-0.1, -0.05) is 0 Å². The molecule has 0 spiro atoms. The van der Waals surface area contributed by atoms with Crippen LogP contribution in [-0.2, 0) is 16.5 Å². The fraction of sp³-hybridized carbons (Fsp3) is 1.00. The van der Waals surface area contributed by atoms with Crippen molar-refractivity contribution in [3.8, 4) is 0 Å². The fourth-order valence-corrected chi connectivity index (χ4v) is 16.9. The van der Waals surface area contributed by atoms with Crippen LogP contribution < -0.4 is 0 Å². The Bertz CT molecular complexity index is 204. The molecule has 104 valence electrons. The monoisotopic (exact) mass is 328 g/mol. The Morgan fingerprint density at radius 1 is 0.647 bits per heavy atom. The molecule has 1 atom stereocenters. The summed E-state index contributed by atoms with van der Waals surface area (Å²) in [7, 11) is -7.30. The van der Waals surface area contributed by atoms with E-state index < -0.39 is 45.2 Å². The molecule has 9 heteroatoms.